The molecule has 0 saturated heterocycles. The van der Waals surface area contributed by atoms with E-state index < -0.39 is 0 Å². The van der Waals surface area contributed by atoms with Crippen molar-refractivity contribution in [2.45, 2.75) is 112 Å². The van der Waals surface area contributed by atoms with Crippen molar-refractivity contribution in [3.8, 4) is 0 Å². The number of allylic oxidation sites excluding steroid dienone is 2. The third-order valence-electron chi connectivity index (χ3n) is 12.7. The van der Waals surface area contributed by atoms with Gasteiger partial charge in [0.15, 0.2) is 5.78 Å². The van der Waals surface area contributed by atoms with E-state index in [0.717, 1.165) is 30.6 Å². The Morgan fingerprint density at radius 2 is 1.61 bits per heavy atom. The van der Waals surface area contributed by atoms with Gasteiger partial charge >= 0.3 is 0 Å². The van der Waals surface area contributed by atoms with Gasteiger partial charge in [0.2, 0.25) is 0 Å². The van der Waals surface area contributed by atoms with Crippen LogP contribution in [-0.2, 0) is 4.79 Å². The van der Waals surface area contributed by atoms with Crippen LogP contribution in [0.1, 0.15) is 106 Å². The molecule has 0 aromatic heterocycles. The standard InChI is InChI=1S/C29H46O2/c1-19(8-7-9-20(2)30)21-12-14-27(6)23-11-10-22-25(3,4)24(31)13-15-28(22)18-29(23,28)17-16-26(21,27)5/h7,9,19,21-24,31H,8,10-18H2,1-6H3/b9-7+/t19-,21-,22+,23+,24+,26-,27+,28?,29?/m1/s1. The molecule has 5 fully saturated rings. The molecule has 2 nitrogen and oxygen atoms in total. The minimum atomic E-state index is -0.110. The Kier molecular flexibility index (Phi) is 4.80. The van der Waals surface area contributed by atoms with Crippen LogP contribution in [0, 0.1) is 50.7 Å². The van der Waals surface area contributed by atoms with Crippen LogP contribution in [0.5, 0.6) is 0 Å². The summed E-state index contributed by atoms with van der Waals surface area (Å²) in [5.41, 5.74) is 2.10. The van der Waals surface area contributed by atoms with Gasteiger partial charge in [-0.05, 0) is 128 Å². The maximum Gasteiger partial charge on any atom is 0.152 e. The first-order valence-corrected chi connectivity index (χ1v) is 13.3. The molecule has 1 N–H and O–H groups in total. The summed E-state index contributed by atoms with van der Waals surface area (Å²) < 4.78 is 0. The van der Waals surface area contributed by atoms with Gasteiger partial charge in [0.25, 0.3) is 0 Å². The van der Waals surface area contributed by atoms with Gasteiger partial charge in [-0.3, -0.25) is 4.79 Å². The molecule has 5 rings (SSSR count). The molecule has 9 atom stereocenters. The van der Waals surface area contributed by atoms with Gasteiger partial charge in [-0.15, -0.1) is 0 Å². The lowest BCUT2D eigenvalue weighted by molar-refractivity contribution is -0.161. The highest BCUT2D eigenvalue weighted by atomic mass is 16.3. The first kappa shape index (κ1) is 22.2. The number of carbonyl (C=O) groups is 1. The predicted octanol–water partition coefficient (Wildman–Crippen LogP) is 6.96. The van der Waals surface area contributed by atoms with Crippen molar-refractivity contribution in [2.24, 2.45) is 50.7 Å². The number of carbonyl (C=O) groups excluding carboxylic acids is 1. The Hall–Kier alpha value is -0.630. The summed E-state index contributed by atoms with van der Waals surface area (Å²) in [6, 6.07) is 0. The average molecular weight is 427 g/mol. The molecular weight excluding hydrogens is 380 g/mol. The monoisotopic (exact) mass is 426 g/mol. The normalized spacial score (nSPS) is 53.3. The molecule has 0 heterocycles. The van der Waals surface area contributed by atoms with Crippen LogP contribution in [0.15, 0.2) is 12.2 Å². The summed E-state index contributed by atoms with van der Waals surface area (Å²) >= 11 is 0. The lowest BCUT2D eigenvalue weighted by Gasteiger charge is -2.63. The number of aliphatic hydroxyl groups is 1. The van der Waals surface area contributed by atoms with Crippen molar-refractivity contribution in [3.63, 3.8) is 0 Å². The first-order valence-electron chi connectivity index (χ1n) is 13.3. The molecule has 0 aromatic rings. The molecule has 174 valence electrons. The summed E-state index contributed by atoms with van der Waals surface area (Å²) in [5, 5.41) is 10.8. The molecule has 2 spiro atoms. The zero-order valence-electron chi connectivity index (χ0n) is 21.0. The van der Waals surface area contributed by atoms with Crippen molar-refractivity contribution >= 4 is 5.78 Å². The van der Waals surface area contributed by atoms with Crippen LogP contribution in [0.3, 0.4) is 0 Å². The molecule has 0 amide bonds. The van der Waals surface area contributed by atoms with E-state index in [9.17, 15) is 9.90 Å². The zero-order valence-corrected chi connectivity index (χ0v) is 21.0. The second-order valence-corrected chi connectivity index (χ2v) is 13.8. The number of rotatable bonds is 4. The van der Waals surface area contributed by atoms with E-state index in [1.165, 1.54) is 51.4 Å². The third-order valence-corrected chi connectivity index (χ3v) is 12.7. The molecule has 0 bridgehead atoms. The van der Waals surface area contributed by atoms with Crippen molar-refractivity contribution in [1.29, 1.82) is 0 Å². The quantitative estimate of drug-likeness (QED) is 0.493. The molecule has 0 aliphatic heterocycles. The number of aliphatic hydroxyl groups excluding tert-OH is 1. The smallest absolute Gasteiger partial charge is 0.152 e. The van der Waals surface area contributed by atoms with Gasteiger partial charge in [0, 0.05) is 0 Å². The van der Waals surface area contributed by atoms with Gasteiger partial charge in [0.1, 0.15) is 0 Å². The molecular formula is C29H46O2. The van der Waals surface area contributed by atoms with Gasteiger partial charge in [0.05, 0.1) is 6.10 Å². The first-order chi connectivity index (χ1) is 14.4. The molecule has 31 heavy (non-hydrogen) atoms. The van der Waals surface area contributed by atoms with E-state index in [1.807, 2.05) is 0 Å². The minimum Gasteiger partial charge on any atom is -0.393 e. The lowest BCUT2D eigenvalue weighted by Crippen LogP contribution is -2.57. The molecule has 0 radical (unpaired) electrons. The van der Waals surface area contributed by atoms with E-state index in [2.05, 4.69) is 40.7 Å². The molecule has 2 unspecified atom stereocenters. The highest BCUT2D eigenvalue weighted by Crippen LogP contribution is 2.89. The van der Waals surface area contributed by atoms with Crippen LogP contribution in [0.2, 0.25) is 0 Å². The van der Waals surface area contributed by atoms with E-state index in [4.69, 9.17) is 0 Å². The molecule has 0 aromatic carbocycles. The fourth-order valence-electron chi connectivity index (χ4n) is 10.9. The van der Waals surface area contributed by atoms with Gasteiger partial charge in [-0.2, -0.15) is 0 Å². The summed E-state index contributed by atoms with van der Waals surface area (Å²) in [7, 11) is 0. The highest BCUT2D eigenvalue weighted by molar-refractivity contribution is 5.87. The van der Waals surface area contributed by atoms with E-state index in [1.54, 1.807) is 13.0 Å². The summed E-state index contributed by atoms with van der Waals surface area (Å²) in [6.07, 6.45) is 16.9. The Morgan fingerprint density at radius 1 is 0.935 bits per heavy atom. The van der Waals surface area contributed by atoms with Gasteiger partial charge < -0.3 is 5.11 Å². The predicted molar refractivity (Wildman–Crippen MR) is 126 cm³/mol. The molecule has 5 saturated carbocycles. The number of fused-ring (bicyclic) bond motifs is 2. The Bertz CT molecular complexity index is 797. The summed E-state index contributed by atoms with van der Waals surface area (Å²) in [4.78, 5) is 11.4. The van der Waals surface area contributed by atoms with Gasteiger partial charge in [-0.25, -0.2) is 0 Å². The second kappa shape index (κ2) is 6.71. The minimum absolute atomic E-state index is 0.0874. The highest BCUT2D eigenvalue weighted by Gasteiger charge is 2.82. The largest absolute Gasteiger partial charge is 0.393 e. The fourth-order valence-corrected chi connectivity index (χ4v) is 10.9. The van der Waals surface area contributed by atoms with E-state index in [-0.39, 0.29) is 17.3 Å². The SMILES string of the molecule is CC(=O)/C=C/C[C@@H](C)[C@H]1CC[C@@]2(C)[C@@H]3CC[C@H]4C(C)(C)[C@@H](O)CCC45CC35CC[C@]12C. The zero-order chi connectivity index (χ0) is 22.4. The second-order valence-electron chi connectivity index (χ2n) is 13.8. The summed E-state index contributed by atoms with van der Waals surface area (Å²) in [5.74, 6) is 3.21. The van der Waals surface area contributed by atoms with Crippen molar-refractivity contribution in [1.82, 2.24) is 0 Å². The number of ketones is 1. The molecule has 5 aliphatic carbocycles. The van der Waals surface area contributed by atoms with Crippen molar-refractivity contribution in [2.75, 3.05) is 0 Å². The maximum absolute atomic E-state index is 11.4. The van der Waals surface area contributed by atoms with Crippen LogP contribution < -0.4 is 0 Å². The lowest BCUT2D eigenvalue weighted by atomic mass is 9.42. The Labute approximate surface area is 190 Å². The number of hydrogen-bond donors (Lipinski definition) is 1. The van der Waals surface area contributed by atoms with Crippen LogP contribution in [-0.4, -0.2) is 17.0 Å². The Morgan fingerprint density at radius 3 is 2.32 bits per heavy atom. The van der Waals surface area contributed by atoms with Crippen molar-refractivity contribution in [3.05, 3.63) is 12.2 Å². The number of hydrogen-bond acceptors (Lipinski definition) is 2. The topological polar surface area (TPSA) is 37.3 Å². The van der Waals surface area contributed by atoms with Gasteiger partial charge in [-0.1, -0.05) is 40.7 Å². The van der Waals surface area contributed by atoms with Crippen LogP contribution in [0.25, 0.3) is 0 Å². The van der Waals surface area contributed by atoms with Crippen LogP contribution in [0.4, 0.5) is 0 Å². The summed E-state index contributed by atoms with van der Waals surface area (Å²) in [6.45, 7) is 14.2. The van der Waals surface area contributed by atoms with E-state index >= 15 is 0 Å². The van der Waals surface area contributed by atoms with Crippen molar-refractivity contribution < 1.29 is 9.90 Å². The maximum atomic E-state index is 11.4. The molecule has 5 aliphatic rings. The Balaban J connectivity index is 1.42. The fraction of sp³-hybridized carbons (Fsp3) is 0.897. The van der Waals surface area contributed by atoms with Crippen LogP contribution >= 0.6 is 0 Å². The van der Waals surface area contributed by atoms with E-state index in [0.29, 0.717) is 27.6 Å². The molecule has 2 heteroatoms. The average Bonchev–Trinajstić information content (AvgIpc) is 3.27. The third kappa shape index (κ3) is 2.64.